The summed E-state index contributed by atoms with van der Waals surface area (Å²) >= 11 is 0. The van der Waals surface area contributed by atoms with E-state index in [2.05, 4.69) is 16.0 Å². The molecule has 0 saturated carbocycles. The SMILES string of the molecule is CC.CC(C)CNCC(O)C(Cc1ccccc1)NC(=O)C(C)OC(=O)Nc1ccc(C(F)(F)F)cc1. The predicted octanol–water partition coefficient (Wildman–Crippen LogP) is 5.00. The smallest absolute Gasteiger partial charge is 0.416 e. The fourth-order valence-electron chi connectivity index (χ4n) is 3.22. The van der Waals surface area contributed by atoms with Gasteiger partial charge in [-0.15, -0.1) is 0 Å². The van der Waals surface area contributed by atoms with Crippen LogP contribution in [0.15, 0.2) is 54.6 Å². The summed E-state index contributed by atoms with van der Waals surface area (Å²) in [6.45, 7) is 10.4. The molecule has 10 heteroatoms. The third kappa shape index (κ3) is 12.1. The van der Waals surface area contributed by atoms with Crippen molar-refractivity contribution in [1.82, 2.24) is 10.6 Å². The minimum Gasteiger partial charge on any atom is -0.436 e. The van der Waals surface area contributed by atoms with Crippen molar-refractivity contribution in [3.8, 4) is 0 Å². The maximum atomic E-state index is 12.7. The number of hydrogen-bond donors (Lipinski definition) is 4. The predicted molar refractivity (Wildman–Crippen MR) is 138 cm³/mol. The maximum absolute atomic E-state index is 12.7. The van der Waals surface area contributed by atoms with Crippen LogP contribution in [0.1, 0.15) is 45.7 Å². The lowest BCUT2D eigenvalue weighted by Crippen LogP contribution is -2.51. The summed E-state index contributed by atoms with van der Waals surface area (Å²) in [6, 6.07) is 12.5. The number of carbonyl (C=O) groups excluding carboxylic acids is 2. The minimum absolute atomic E-state index is 0.0872. The maximum Gasteiger partial charge on any atom is 0.416 e. The van der Waals surface area contributed by atoms with E-state index in [9.17, 15) is 27.9 Å². The first-order chi connectivity index (χ1) is 17.5. The van der Waals surface area contributed by atoms with Crippen LogP contribution in [0.2, 0.25) is 0 Å². The van der Waals surface area contributed by atoms with Crippen LogP contribution in [0.4, 0.5) is 23.7 Å². The van der Waals surface area contributed by atoms with Crippen molar-refractivity contribution in [2.45, 2.75) is 65.5 Å². The molecule has 0 heterocycles. The van der Waals surface area contributed by atoms with E-state index in [1.165, 1.54) is 6.92 Å². The molecule has 0 radical (unpaired) electrons. The first kappa shape index (κ1) is 31.9. The highest BCUT2D eigenvalue weighted by Crippen LogP contribution is 2.29. The van der Waals surface area contributed by atoms with Crippen molar-refractivity contribution in [2.75, 3.05) is 18.4 Å². The zero-order valence-corrected chi connectivity index (χ0v) is 21.9. The van der Waals surface area contributed by atoms with Crippen molar-refractivity contribution in [3.05, 3.63) is 65.7 Å². The summed E-state index contributed by atoms with van der Waals surface area (Å²) in [5, 5.41) is 18.9. The van der Waals surface area contributed by atoms with Crippen LogP contribution in [-0.2, 0) is 22.1 Å². The molecule has 0 aliphatic carbocycles. The Kier molecular flexibility index (Phi) is 13.7. The highest BCUT2D eigenvalue weighted by Gasteiger charge is 2.30. The first-order valence-electron chi connectivity index (χ1n) is 12.3. The summed E-state index contributed by atoms with van der Waals surface area (Å²) in [7, 11) is 0. The Morgan fingerprint density at radius 2 is 1.54 bits per heavy atom. The second kappa shape index (κ2) is 15.9. The van der Waals surface area contributed by atoms with Gasteiger partial charge in [0.25, 0.3) is 5.91 Å². The number of alkyl halides is 3. The van der Waals surface area contributed by atoms with Crippen LogP contribution in [-0.4, -0.2) is 48.4 Å². The van der Waals surface area contributed by atoms with Crippen molar-refractivity contribution >= 4 is 17.7 Å². The Hall–Kier alpha value is -3.11. The Morgan fingerprint density at radius 1 is 0.946 bits per heavy atom. The van der Waals surface area contributed by atoms with Crippen LogP contribution in [0, 0.1) is 5.92 Å². The summed E-state index contributed by atoms with van der Waals surface area (Å²) in [6.07, 6.45) is -7.23. The molecule has 3 unspecified atom stereocenters. The minimum atomic E-state index is -4.49. The monoisotopic (exact) mass is 525 g/mol. The van der Waals surface area contributed by atoms with Gasteiger partial charge in [0.2, 0.25) is 0 Å². The number of ether oxygens (including phenoxy) is 1. The van der Waals surface area contributed by atoms with Crippen LogP contribution in [0.5, 0.6) is 0 Å². The lowest BCUT2D eigenvalue weighted by atomic mass is 10.0. The van der Waals surface area contributed by atoms with E-state index >= 15 is 0 Å². The van der Waals surface area contributed by atoms with Gasteiger partial charge < -0.3 is 20.5 Å². The molecule has 7 nitrogen and oxygen atoms in total. The summed E-state index contributed by atoms with van der Waals surface area (Å²) in [4.78, 5) is 24.8. The Balaban J connectivity index is 0.00000334. The van der Waals surface area contributed by atoms with E-state index in [1.54, 1.807) is 0 Å². The van der Waals surface area contributed by atoms with Gasteiger partial charge in [0.1, 0.15) is 0 Å². The van der Waals surface area contributed by atoms with E-state index in [4.69, 9.17) is 4.74 Å². The van der Waals surface area contributed by atoms with Crippen molar-refractivity contribution < 1.29 is 32.6 Å². The number of rotatable bonds is 11. The zero-order chi connectivity index (χ0) is 28.0. The Labute approximate surface area is 216 Å². The van der Waals surface area contributed by atoms with Crippen molar-refractivity contribution in [2.24, 2.45) is 5.92 Å². The second-order valence-corrected chi connectivity index (χ2v) is 8.67. The third-order valence-electron chi connectivity index (χ3n) is 5.11. The van der Waals surface area contributed by atoms with Gasteiger partial charge in [-0.1, -0.05) is 58.0 Å². The Morgan fingerprint density at radius 3 is 2.08 bits per heavy atom. The number of carbonyl (C=O) groups is 2. The number of nitrogens with one attached hydrogen (secondary N) is 3. The lowest BCUT2D eigenvalue weighted by Gasteiger charge is -2.26. The molecular weight excluding hydrogens is 487 g/mol. The van der Waals surface area contributed by atoms with Crippen LogP contribution in [0.25, 0.3) is 0 Å². The molecule has 3 atom stereocenters. The van der Waals surface area contributed by atoms with E-state index in [0.717, 1.165) is 29.8 Å². The van der Waals surface area contributed by atoms with Gasteiger partial charge in [-0.05, 0) is 55.6 Å². The van der Waals surface area contributed by atoms with Gasteiger partial charge in [-0.25, -0.2) is 4.79 Å². The summed E-state index contributed by atoms with van der Waals surface area (Å²) in [5.41, 5.74) is 0.147. The van der Waals surface area contributed by atoms with E-state index in [1.807, 2.05) is 58.0 Å². The van der Waals surface area contributed by atoms with E-state index in [0.29, 0.717) is 18.9 Å². The number of benzene rings is 2. The number of anilines is 1. The normalized spacial score (nSPS) is 13.6. The third-order valence-corrected chi connectivity index (χ3v) is 5.11. The average molecular weight is 526 g/mol. The molecule has 2 amide bonds. The molecule has 0 bridgehead atoms. The van der Waals surface area contributed by atoms with Gasteiger partial charge in [-0.3, -0.25) is 10.1 Å². The largest absolute Gasteiger partial charge is 0.436 e. The second-order valence-electron chi connectivity index (χ2n) is 8.67. The molecule has 2 rings (SSSR count). The van der Waals surface area contributed by atoms with Crippen LogP contribution < -0.4 is 16.0 Å². The number of amides is 2. The van der Waals surface area contributed by atoms with Crippen molar-refractivity contribution in [1.29, 1.82) is 0 Å². The number of aliphatic hydroxyl groups excluding tert-OH is 1. The fourth-order valence-corrected chi connectivity index (χ4v) is 3.22. The Bertz CT molecular complexity index is 938. The number of aliphatic hydroxyl groups is 1. The molecule has 4 N–H and O–H groups in total. The van der Waals surface area contributed by atoms with E-state index < -0.39 is 42.0 Å². The zero-order valence-electron chi connectivity index (χ0n) is 21.9. The molecule has 2 aromatic rings. The number of halogens is 3. The van der Waals surface area contributed by atoms with Gasteiger partial charge in [0.15, 0.2) is 6.10 Å². The quantitative estimate of drug-likeness (QED) is 0.331. The molecule has 0 aliphatic rings. The first-order valence-corrected chi connectivity index (χ1v) is 12.3. The van der Waals surface area contributed by atoms with Crippen LogP contribution >= 0.6 is 0 Å². The molecule has 2 aromatic carbocycles. The van der Waals surface area contributed by atoms with Gasteiger partial charge in [0.05, 0.1) is 17.7 Å². The highest BCUT2D eigenvalue weighted by atomic mass is 19.4. The molecule has 0 saturated heterocycles. The van der Waals surface area contributed by atoms with E-state index in [-0.39, 0.29) is 12.2 Å². The molecule has 0 aliphatic heterocycles. The molecule has 0 aromatic heterocycles. The van der Waals surface area contributed by atoms with Gasteiger partial charge >= 0.3 is 12.3 Å². The fraction of sp³-hybridized carbons (Fsp3) is 0.481. The van der Waals surface area contributed by atoms with Crippen LogP contribution in [0.3, 0.4) is 0 Å². The average Bonchev–Trinajstić information content (AvgIpc) is 2.84. The molecule has 206 valence electrons. The lowest BCUT2D eigenvalue weighted by molar-refractivity contribution is -0.137. The molecule has 0 fully saturated rings. The van der Waals surface area contributed by atoms with Crippen molar-refractivity contribution in [3.63, 3.8) is 0 Å². The standard InChI is InChI=1S/C25H32F3N3O4.C2H6/c1-16(2)14-29-15-22(32)21(13-18-7-5-4-6-8-18)31-23(33)17(3)35-24(34)30-20-11-9-19(10-12-20)25(26,27)28;1-2/h4-12,16-17,21-22,29,32H,13-15H2,1-3H3,(H,30,34)(H,31,33);1-2H3. The van der Waals surface area contributed by atoms with Gasteiger partial charge in [0, 0.05) is 12.2 Å². The molecular formula is C27H38F3N3O4. The summed E-state index contributed by atoms with van der Waals surface area (Å²) < 4.78 is 43.1. The van der Waals surface area contributed by atoms with Gasteiger partial charge in [-0.2, -0.15) is 13.2 Å². The number of hydrogen-bond acceptors (Lipinski definition) is 5. The topological polar surface area (TPSA) is 99.7 Å². The molecule has 37 heavy (non-hydrogen) atoms. The molecule has 0 spiro atoms. The highest BCUT2D eigenvalue weighted by molar-refractivity contribution is 5.88. The summed E-state index contributed by atoms with van der Waals surface area (Å²) in [5.74, 6) is -0.225.